The van der Waals surface area contributed by atoms with Crippen LogP contribution in [0.3, 0.4) is 0 Å². The van der Waals surface area contributed by atoms with Crippen LogP contribution in [-0.2, 0) is 6.54 Å². The molecule has 1 N–H and O–H groups in total. The first-order valence-electron chi connectivity index (χ1n) is 5.25. The van der Waals surface area contributed by atoms with Gasteiger partial charge in [0.1, 0.15) is 0 Å². The lowest BCUT2D eigenvalue weighted by molar-refractivity contribution is 0.0953. The first kappa shape index (κ1) is 12.3. The maximum Gasteiger partial charge on any atom is 0.252 e. The van der Waals surface area contributed by atoms with E-state index in [0.29, 0.717) is 12.1 Å². The van der Waals surface area contributed by atoms with Crippen LogP contribution >= 0.6 is 27.3 Å². The van der Waals surface area contributed by atoms with Gasteiger partial charge in [-0.05, 0) is 34.5 Å². The summed E-state index contributed by atoms with van der Waals surface area (Å²) >= 11 is 4.85. The minimum atomic E-state index is -0.0209. The molecular formula is C11H12BrN3OS. The molecule has 2 rings (SSSR count). The second kappa shape index (κ2) is 5.97. The lowest BCUT2D eigenvalue weighted by Gasteiger charge is -2.03. The van der Waals surface area contributed by atoms with Gasteiger partial charge in [0.05, 0.1) is 9.35 Å². The quantitative estimate of drug-likeness (QED) is 0.862. The van der Waals surface area contributed by atoms with E-state index in [0.717, 1.165) is 16.8 Å². The van der Waals surface area contributed by atoms with Gasteiger partial charge in [0.2, 0.25) is 0 Å². The molecule has 0 radical (unpaired) electrons. The molecule has 6 heteroatoms. The summed E-state index contributed by atoms with van der Waals surface area (Å²) in [6.45, 7) is 1.48. The highest BCUT2D eigenvalue weighted by Gasteiger charge is 2.06. The molecule has 2 heterocycles. The second-order valence-corrected chi connectivity index (χ2v) is 5.81. The molecule has 0 atom stereocenters. The molecule has 0 aliphatic carbocycles. The maximum absolute atomic E-state index is 11.7. The van der Waals surface area contributed by atoms with Crippen molar-refractivity contribution < 1.29 is 4.79 Å². The van der Waals surface area contributed by atoms with Crippen molar-refractivity contribution >= 4 is 33.2 Å². The van der Waals surface area contributed by atoms with Crippen LogP contribution in [0.4, 0.5) is 0 Å². The number of nitrogens with zero attached hydrogens (tertiary/aromatic N) is 2. The third-order valence-corrected chi connectivity index (χ3v) is 3.74. The summed E-state index contributed by atoms with van der Waals surface area (Å²) in [6.07, 6.45) is 4.54. The third-order valence-electron chi connectivity index (χ3n) is 2.24. The zero-order valence-electron chi connectivity index (χ0n) is 9.10. The Hall–Kier alpha value is -1.14. The Balaban J connectivity index is 1.70. The molecule has 0 aliphatic rings. The molecule has 0 spiro atoms. The van der Waals surface area contributed by atoms with Crippen molar-refractivity contribution in [3.8, 4) is 0 Å². The number of nitrogens with one attached hydrogen (secondary N) is 1. The van der Waals surface area contributed by atoms with Crippen LogP contribution in [0.2, 0.25) is 0 Å². The number of carbonyl (C=O) groups excluding carboxylic acids is 1. The van der Waals surface area contributed by atoms with E-state index in [9.17, 15) is 4.79 Å². The Labute approximate surface area is 112 Å². The van der Waals surface area contributed by atoms with E-state index in [-0.39, 0.29) is 5.91 Å². The monoisotopic (exact) mass is 313 g/mol. The Morgan fingerprint density at radius 2 is 2.47 bits per heavy atom. The van der Waals surface area contributed by atoms with Crippen molar-refractivity contribution in [2.45, 2.75) is 13.0 Å². The largest absolute Gasteiger partial charge is 0.352 e. The predicted molar refractivity (Wildman–Crippen MR) is 71.2 cm³/mol. The maximum atomic E-state index is 11.7. The Morgan fingerprint density at radius 1 is 1.59 bits per heavy atom. The van der Waals surface area contributed by atoms with Crippen molar-refractivity contribution in [3.05, 3.63) is 39.3 Å². The van der Waals surface area contributed by atoms with Crippen molar-refractivity contribution in [2.24, 2.45) is 0 Å². The van der Waals surface area contributed by atoms with E-state index in [1.54, 1.807) is 6.20 Å². The van der Waals surface area contributed by atoms with Crippen LogP contribution in [0.15, 0.2) is 33.7 Å². The normalized spacial score (nSPS) is 10.4. The molecule has 0 unspecified atom stereocenters. The molecule has 0 saturated heterocycles. The van der Waals surface area contributed by atoms with Crippen LogP contribution in [0, 0.1) is 0 Å². The van der Waals surface area contributed by atoms with Crippen molar-refractivity contribution in [1.29, 1.82) is 0 Å². The van der Waals surface area contributed by atoms with Gasteiger partial charge in [-0.25, -0.2) is 0 Å². The predicted octanol–water partition coefficient (Wildman–Crippen LogP) is 2.53. The van der Waals surface area contributed by atoms with E-state index >= 15 is 0 Å². The average Bonchev–Trinajstić information content (AvgIpc) is 2.95. The summed E-state index contributed by atoms with van der Waals surface area (Å²) < 4.78 is 2.83. The number of aromatic nitrogens is 2. The van der Waals surface area contributed by atoms with Crippen LogP contribution < -0.4 is 5.32 Å². The molecule has 90 valence electrons. The molecule has 0 aliphatic heterocycles. The van der Waals surface area contributed by atoms with Crippen molar-refractivity contribution in [1.82, 2.24) is 15.1 Å². The van der Waals surface area contributed by atoms with Gasteiger partial charge in [-0.15, -0.1) is 11.3 Å². The zero-order chi connectivity index (χ0) is 12.1. The van der Waals surface area contributed by atoms with Gasteiger partial charge in [0, 0.05) is 30.9 Å². The number of rotatable bonds is 5. The molecule has 0 aromatic carbocycles. The second-order valence-electron chi connectivity index (χ2n) is 3.52. The summed E-state index contributed by atoms with van der Waals surface area (Å²) in [7, 11) is 0. The van der Waals surface area contributed by atoms with Crippen LogP contribution in [-0.4, -0.2) is 22.2 Å². The van der Waals surface area contributed by atoms with Crippen LogP contribution in [0.25, 0.3) is 0 Å². The topological polar surface area (TPSA) is 46.9 Å². The molecule has 0 saturated carbocycles. The summed E-state index contributed by atoms with van der Waals surface area (Å²) in [5, 5.41) is 8.81. The lowest BCUT2D eigenvalue weighted by Crippen LogP contribution is -2.24. The zero-order valence-corrected chi connectivity index (χ0v) is 11.5. The first-order valence-corrected chi connectivity index (χ1v) is 6.92. The van der Waals surface area contributed by atoms with Crippen LogP contribution in [0.5, 0.6) is 0 Å². The molecule has 17 heavy (non-hydrogen) atoms. The number of hydrogen-bond acceptors (Lipinski definition) is 3. The lowest BCUT2D eigenvalue weighted by atomic mass is 10.3. The van der Waals surface area contributed by atoms with Crippen molar-refractivity contribution in [3.63, 3.8) is 0 Å². The van der Waals surface area contributed by atoms with Gasteiger partial charge in [0.15, 0.2) is 0 Å². The fraction of sp³-hybridized carbons (Fsp3) is 0.273. The molecule has 2 aromatic rings. The Kier molecular flexibility index (Phi) is 4.33. The highest BCUT2D eigenvalue weighted by Crippen LogP contribution is 2.20. The molecule has 0 fully saturated rings. The summed E-state index contributed by atoms with van der Waals surface area (Å²) in [5.41, 5.74) is 0.709. The highest BCUT2D eigenvalue weighted by molar-refractivity contribution is 9.11. The number of aryl methyl sites for hydroxylation is 1. The fourth-order valence-corrected chi connectivity index (χ4v) is 2.54. The standard InChI is InChI=1S/C11H12BrN3OS/c12-10-7-9(8-17-10)11(16)13-3-1-5-15-6-2-4-14-15/h2,4,6-8H,1,3,5H2,(H,13,16). The van der Waals surface area contributed by atoms with Crippen molar-refractivity contribution in [2.75, 3.05) is 6.54 Å². The Bertz CT molecular complexity index is 481. The van der Waals surface area contributed by atoms with Gasteiger partial charge in [-0.3, -0.25) is 9.48 Å². The fourth-order valence-electron chi connectivity index (χ4n) is 1.41. The third kappa shape index (κ3) is 3.67. The molecule has 0 bridgehead atoms. The smallest absolute Gasteiger partial charge is 0.252 e. The van der Waals surface area contributed by atoms with E-state index in [4.69, 9.17) is 0 Å². The Morgan fingerprint density at radius 3 is 3.12 bits per heavy atom. The molecule has 4 nitrogen and oxygen atoms in total. The summed E-state index contributed by atoms with van der Waals surface area (Å²) in [4.78, 5) is 11.7. The van der Waals surface area contributed by atoms with E-state index in [2.05, 4.69) is 26.3 Å². The van der Waals surface area contributed by atoms with Gasteiger partial charge in [-0.2, -0.15) is 5.10 Å². The number of halogens is 1. The number of carbonyl (C=O) groups is 1. The SMILES string of the molecule is O=C(NCCCn1cccn1)c1csc(Br)c1. The summed E-state index contributed by atoms with van der Waals surface area (Å²) in [6, 6.07) is 3.72. The molecule has 1 amide bonds. The number of amides is 1. The highest BCUT2D eigenvalue weighted by atomic mass is 79.9. The minimum Gasteiger partial charge on any atom is -0.352 e. The van der Waals surface area contributed by atoms with Gasteiger partial charge >= 0.3 is 0 Å². The summed E-state index contributed by atoms with van der Waals surface area (Å²) in [5.74, 6) is -0.0209. The van der Waals surface area contributed by atoms with Gasteiger partial charge in [-0.1, -0.05) is 0 Å². The van der Waals surface area contributed by atoms with E-state index in [1.165, 1.54) is 11.3 Å². The number of thiophene rings is 1. The van der Waals surface area contributed by atoms with Gasteiger partial charge in [0.25, 0.3) is 5.91 Å². The number of hydrogen-bond donors (Lipinski definition) is 1. The van der Waals surface area contributed by atoms with Gasteiger partial charge < -0.3 is 5.32 Å². The van der Waals surface area contributed by atoms with E-state index < -0.39 is 0 Å². The van der Waals surface area contributed by atoms with E-state index in [1.807, 2.05) is 28.4 Å². The molecular weight excluding hydrogens is 302 g/mol. The minimum absolute atomic E-state index is 0.0209. The van der Waals surface area contributed by atoms with Crippen LogP contribution in [0.1, 0.15) is 16.8 Å². The molecule has 2 aromatic heterocycles. The first-order chi connectivity index (χ1) is 8.25. The average molecular weight is 314 g/mol.